The first-order valence-corrected chi connectivity index (χ1v) is 6.53. The van der Waals surface area contributed by atoms with Gasteiger partial charge in [-0.1, -0.05) is 23.2 Å². The molecule has 0 atom stereocenters. The summed E-state index contributed by atoms with van der Waals surface area (Å²) in [6, 6.07) is 3.76. The summed E-state index contributed by atoms with van der Waals surface area (Å²) in [6.45, 7) is 0. The van der Waals surface area contributed by atoms with Crippen molar-refractivity contribution < 1.29 is 0 Å². The first-order chi connectivity index (χ1) is 9.66. The number of hydrogen-bond acceptors (Lipinski definition) is 4. The SMILES string of the molecule is Cn1nc(-c2c(Cl)cncc2Cl)nc1-c1cccnc1. The highest BCUT2D eigenvalue weighted by molar-refractivity contribution is 6.38. The van der Waals surface area contributed by atoms with Crippen LogP contribution in [0.25, 0.3) is 22.8 Å². The molecule has 0 aliphatic rings. The third-order valence-electron chi connectivity index (χ3n) is 2.76. The van der Waals surface area contributed by atoms with Crippen LogP contribution in [0.15, 0.2) is 36.9 Å². The molecular weight excluding hydrogens is 297 g/mol. The molecule has 3 aromatic rings. The van der Waals surface area contributed by atoms with Gasteiger partial charge in [-0.3, -0.25) is 9.97 Å². The highest BCUT2D eigenvalue weighted by Gasteiger charge is 2.16. The van der Waals surface area contributed by atoms with E-state index < -0.39 is 0 Å². The van der Waals surface area contributed by atoms with E-state index in [0.717, 1.165) is 5.56 Å². The molecule has 5 nitrogen and oxygen atoms in total. The zero-order valence-corrected chi connectivity index (χ0v) is 12.0. The summed E-state index contributed by atoms with van der Waals surface area (Å²) < 4.78 is 1.67. The van der Waals surface area contributed by atoms with Crippen LogP contribution < -0.4 is 0 Å². The maximum Gasteiger partial charge on any atom is 0.184 e. The van der Waals surface area contributed by atoms with Gasteiger partial charge in [0.2, 0.25) is 0 Å². The molecule has 0 spiro atoms. The molecule has 7 heteroatoms. The molecule has 3 rings (SSSR count). The van der Waals surface area contributed by atoms with Gasteiger partial charge in [0.25, 0.3) is 0 Å². The van der Waals surface area contributed by atoms with Gasteiger partial charge in [0, 0.05) is 37.4 Å². The second-order valence-electron chi connectivity index (χ2n) is 4.10. The Morgan fingerprint density at radius 3 is 2.45 bits per heavy atom. The Morgan fingerprint density at radius 1 is 1.05 bits per heavy atom. The van der Waals surface area contributed by atoms with Crippen LogP contribution in [0.5, 0.6) is 0 Å². The molecule has 0 N–H and O–H groups in total. The molecule has 0 bridgehead atoms. The highest BCUT2D eigenvalue weighted by Crippen LogP contribution is 2.32. The Hall–Kier alpha value is -1.98. The summed E-state index contributed by atoms with van der Waals surface area (Å²) in [7, 11) is 1.81. The zero-order chi connectivity index (χ0) is 14.1. The molecule has 3 heterocycles. The fourth-order valence-electron chi connectivity index (χ4n) is 1.86. The van der Waals surface area contributed by atoms with Crippen molar-refractivity contribution in [2.24, 2.45) is 7.05 Å². The monoisotopic (exact) mass is 305 g/mol. The van der Waals surface area contributed by atoms with Gasteiger partial charge < -0.3 is 0 Å². The topological polar surface area (TPSA) is 56.5 Å². The molecule has 0 aliphatic carbocycles. The first-order valence-electron chi connectivity index (χ1n) is 5.77. The van der Waals surface area contributed by atoms with Crippen molar-refractivity contribution in [2.75, 3.05) is 0 Å². The number of halogens is 2. The van der Waals surface area contributed by atoms with E-state index in [0.29, 0.717) is 27.3 Å². The van der Waals surface area contributed by atoms with Crippen LogP contribution in [-0.4, -0.2) is 24.7 Å². The van der Waals surface area contributed by atoms with Gasteiger partial charge in [-0.2, -0.15) is 5.10 Å². The minimum absolute atomic E-state index is 0.417. The molecule has 0 unspecified atom stereocenters. The van der Waals surface area contributed by atoms with E-state index in [4.69, 9.17) is 23.2 Å². The minimum Gasteiger partial charge on any atom is -0.264 e. The summed E-state index contributed by atoms with van der Waals surface area (Å²) >= 11 is 12.2. The summed E-state index contributed by atoms with van der Waals surface area (Å²) in [4.78, 5) is 12.5. The van der Waals surface area contributed by atoms with Gasteiger partial charge in [0.15, 0.2) is 11.6 Å². The van der Waals surface area contributed by atoms with Gasteiger partial charge in [-0.25, -0.2) is 9.67 Å². The van der Waals surface area contributed by atoms with E-state index in [2.05, 4.69) is 20.1 Å². The van der Waals surface area contributed by atoms with Crippen molar-refractivity contribution in [3.8, 4) is 22.8 Å². The van der Waals surface area contributed by atoms with Crippen molar-refractivity contribution in [1.82, 2.24) is 24.7 Å². The molecule has 0 saturated carbocycles. The summed E-state index contributed by atoms with van der Waals surface area (Å²) in [5, 5.41) is 5.19. The van der Waals surface area contributed by atoms with E-state index in [9.17, 15) is 0 Å². The van der Waals surface area contributed by atoms with E-state index >= 15 is 0 Å². The lowest BCUT2D eigenvalue weighted by atomic mass is 10.2. The molecule has 0 fully saturated rings. The Balaban J connectivity index is 2.15. The molecular formula is C13H9Cl2N5. The average Bonchev–Trinajstić information content (AvgIpc) is 2.81. The second-order valence-corrected chi connectivity index (χ2v) is 4.92. The van der Waals surface area contributed by atoms with Crippen molar-refractivity contribution in [3.63, 3.8) is 0 Å². The Labute approximate surface area is 125 Å². The summed E-state index contributed by atoms with van der Waals surface area (Å²) in [5.41, 5.74) is 1.45. The maximum absolute atomic E-state index is 6.12. The minimum atomic E-state index is 0.417. The standard InChI is InChI=1S/C13H9Cl2N5/c1-20-13(8-3-2-4-16-5-8)18-12(19-20)11-9(14)6-17-7-10(11)15/h2-7H,1H3. The zero-order valence-electron chi connectivity index (χ0n) is 10.5. The summed E-state index contributed by atoms with van der Waals surface area (Å²) in [6.07, 6.45) is 6.46. The van der Waals surface area contributed by atoms with Gasteiger partial charge in [-0.05, 0) is 12.1 Å². The van der Waals surface area contributed by atoms with E-state index in [-0.39, 0.29) is 0 Å². The maximum atomic E-state index is 6.12. The Kier molecular flexibility index (Phi) is 3.38. The fourth-order valence-corrected chi connectivity index (χ4v) is 2.40. The number of pyridine rings is 2. The van der Waals surface area contributed by atoms with Crippen molar-refractivity contribution >= 4 is 23.2 Å². The molecule has 3 aromatic heterocycles. The van der Waals surface area contributed by atoms with Gasteiger partial charge >= 0.3 is 0 Å². The van der Waals surface area contributed by atoms with E-state index in [1.165, 1.54) is 12.4 Å². The second kappa shape index (κ2) is 5.19. The molecule has 0 radical (unpaired) electrons. The number of aryl methyl sites for hydroxylation is 1. The fraction of sp³-hybridized carbons (Fsp3) is 0.0769. The lowest BCUT2D eigenvalue weighted by molar-refractivity contribution is 0.777. The summed E-state index contributed by atoms with van der Waals surface area (Å²) in [5.74, 6) is 1.15. The molecule has 0 amide bonds. The lowest BCUT2D eigenvalue weighted by Gasteiger charge is -2.00. The van der Waals surface area contributed by atoms with Crippen LogP contribution in [0.2, 0.25) is 10.0 Å². The number of nitrogens with zero attached hydrogens (tertiary/aromatic N) is 5. The van der Waals surface area contributed by atoms with Crippen LogP contribution in [0.4, 0.5) is 0 Å². The van der Waals surface area contributed by atoms with Gasteiger partial charge in [0.1, 0.15) is 0 Å². The third-order valence-corrected chi connectivity index (χ3v) is 3.33. The molecule has 20 heavy (non-hydrogen) atoms. The molecule has 100 valence electrons. The van der Waals surface area contributed by atoms with Gasteiger partial charge in [-0.15, -0.1) is 0 Å². The van der Waals surface area contributed by atoms with Crippen molar-refractivity contribution in [3.05, 3.63) is 47.0 Å². The van der Waals surface area contributed by atoms with Crippen LogP contribution in [-0.2, 0) is 7.05 Å². The smallest absolute Gasteiger partial charge is 0.184 e. The Morgan fingerprint density at radius 2 is 1.80 bits per heavy atom. The number of hydrogen-bond donors (Lipinski definition) is 0. The van der Waals surface area contributed by atoms with Crippen LogP contribution >= 0.6 is 23.2 Å². The largest absolute Gasteiger partial charge is 0.264 e. The number of aromatic nitrogens is 5. The van der Waals surface area contributed by atoms with E-state index in [1.54, 1.807) is 17.1 Å². The van der Waals surface area contributed by atoms with Crippen molar-refractivity contribution in [2.45, 2.75) is 0 Å². The predicted octanol–water partition coefficient (Wildman–Crippen LogP) is 3.25. The van der Waals surface area contributed by atoms with Gasteiger partial charge in [0.05, 0.1) is 15.6 Å². The van der Waals surface area contributed by atoms with Crippen LogP contribution in [0.1, 0.15) is 0 Å². The van der Waals surface area contributed by atoms with Crippen molar-refractivity contribution in [1.29, 1.82) is 0 Å². The normalized spacial score (nSPS) is 10.8. The van der Waals surface area contributed by atoms with Crippen LogP contribution in [0, 0.1) is 0 Å². The quantitative estimate of drug-likeness (QED) is 0.729. The van der Waals surface area contributed by atoms with E-state index in [1.807, 2.05) is 19.2 Å². The van der Waals surface area contributed by atoms with Crippen LogP contribution in [0.3, 0.4) is 0 Å². The lowest BCUT2D eigenvalue weighted by Crippen LogP contribution is -1.94. The molecule has 0 aromatic carbocycles. The average molecular weight is 306 g/mol. The predicted molar refractivity (Wildman–Crippen MR) is 77.5 cm³/mol. The third kappa shape index (κ3) is 2.26. The molecule has 0 aliphatic heterocycles. The highest BCUT2D eigenvalue weighted by atomic mass is 35.5. The Bertz CT molecular complexity index is 734. The number of rotatable bonds is 2. The molecule has 0 saturated heterocycles. The first kappa shape index (κ1) is 13.0.